The van der Waals surface area contributed by atoms with E-state index in [-0.39, 0.29) is 0 Å². The van der Waals surface area contributed by atoms with Crippen molar-refractivity contribution in [2.45, 2.75) is 37.1 Å². The first-order valence-corrected chi connectivity index (χ1v) is 7.50. The van der Waals surface area contributed by atoms with Crippen LogP contribution in [0.4, 0.5) is 0 Å². The van der Waals surface area contributed by atoms with E-state index in [1.54, 1.807) is 0 Å². The highest BCUT2D eigenvalue weighted by Gasteiger charge is 2.32. The van der Waals surface area contributed by atoms with Crippen LogP contribution in [0, 0.1) is 5.92 Å². The second-order valence-corrected chi connectivity index (χ2v) is 6.23. The molecular weight excluding hydrogens is 300 g/mol. The van der Waals surface area contributed by atoms with Gasteiger partial charge in [-0.1, -0.05) is 46.6 Å². The molecule has 0 bridgehead atoms. The topological polar surface area (TPSA) is 9.23 Å². The zero-order valence-corrected chi connectivity index (χ0v) is 12.4. The fourth-order valence-corrected chi connectivity index (χ4v) is 3.73. The summed E-state index contributed by atoms with van der Waals surface area (Å²) in [5, 5.41) is 0.817. The summed E-state index contributed by atoms with van der Waals surface area (Å²) in [5.41, 5.74) is 1.29. The lowest BCUT2D eigenvalue weighted by molar-refractivity contribution is 0.0873. The van der Waals surface area contributed by atoms with Gasteiger partial charge in [-0.05, 0) is 37.0 Å². The van der Waals surface area contributed by atoms with Crippen LogP contribution >= 0.6 is 27.5 Å². The Morgan fingerprint density at radius 2 is 2.35 bits per heavy atom. The molecule has 3 atom stereocenters. The van der Waals surface area contributed by atoms with Gasteiger partial charge in [-0.15, -0.1) is 0 Å². The molecule has 17 heavy (non-hydrogen) atoms. The zero-order chi connectivity index (χ0) is 12.3. The van der Waals surface area contributed by atoms with E-state index in [0.717, 1.165) is 30.9 Å². The van der Waals surface area contributed by atoms with Gasteiger partial charge in [0.2, 0.25) is 0 Å². The van der Waals surface area contributed by atoms with Crippen molar-refractivity contribution >= 4 is 27.5 Å². The number of alkyl halides is 1. The number of ether oxygens (including phenoxy) is 1. The van der Waals surface area contributed by atoms with E-state index >= 15 is 0 Å². The van der Waals surface area contributed by atoms with Crippen LogP contribution < -0.4 is 0 Å². The van der Waals surface area contributed by atoms with Crippen LogP contribution in [0.1, 0.15) is 25.3 Å². The molecule has 0 saturated carbocycles. The van der Waals surface area contributed by atoms with Gasteiger partial charge in [0.05, 0.1) is 6.10 Å². The summed E-state index contributed by atoms with van der Waals surface area (Å²) in [6, 6.07) is 8.12. The van der Waals surface area contributed by atoms with Crippen molar-refractivity contribution in [2.24, 2.45) is 5.92 Å². The predicted octanol–water partition coefficient (Wildman–Crippen LogP) is 4.46. The molecule has 1 nitrogen and oxygen atoms in total. The molecule has 1 aliphatic rings. The maximum absolute atomic E-state index is 6.00. The Hall–Kier alpha value is -0.0500. The number of rotatable bonds is 4. The average molecular weight is 318 g/mol. The second kappa shape index (κ2) is 6.21. The van der Waals surface area contributed by atoms with Gasteiger partial charge in [-0.2, -0.15) is 0 Å². The Balaban J connectivity index is 1.99. The van der Waals surface area contributed by atoms with E-state index in [2.05, 4.69) is 28.9 Å². The third-order valence-corrected chi connectivity index (χ3v) is 4.69. The van der Waals surface area contributed by atoms with Gasteiger partial charge in [0.1, 0.15) is 0 Å². The molecule has 0 spiro atoms. The van der Waals surface area contributed by atoms with Crippen molar-refractivity contribution < 1.29 is 4.74 Å². The molecule has 1 saturated heterocycles. The van der Waals surface area contributed by atoms with Gasteiger partial charge >= 0.3 is 0 Å². The van der Waals surface area contributed by atoms with Gasteiger partial charge < -0.3 is 4.74 Å². The van der Waals surface area contributed by atoms with E-state index in [0.29, 0.717) is 16.8 Å². The summed E-state index contributed by atoms with van der Waals surface area (Å²) in [6.07, 6.45) is 3.70. The van der Waals surface area contributed by atoms with E-state index in [9.17, 15) is 0 Å². The normalized spacial score (nSPS) is 26.1. The van der Waals surface area contributed by atoms with Crippen molar-refractivity contribution in [3.63, 3.8) is 0 Å². The second-order valence-electron chi connectivity index (χ2n) is 4.62. The van der Waals surface area contributed by atoms with Gasteiger partial charge in [0.15, 0.2) is 0 Å². The molecule has 0 aromatic heterocycles. The van der Waals surface area contributed by atoms with E-state index < -0.39 is 0 Å². The van der Waals surface area contributed by atoms with Crippen molar-refractivity contribution in [2.75, 3.05) is 6.61 Å². The highest BCUT2D eigenvalue weighted by atomic mass is 79.9. The fraction of sp³-hybridized carbons (Fsp3) is 0.571. The molecule has 3 unspecified atom stereocenters. The zero-order valence-electron chi connectivity index (χ0n) is 10.0. The molecule has 1 heterocycles. The van der Waals surface area contributed by atoms with Gasteiger partial charge in [-0.25, -0.2) is 0 Å². The lowest BCUT2D eigenvalue weighted by atomic mass is 9.92. The minimum atomic E-state index is 0.415. The standard InChI is InChI=1S/C14H18BrClO/c1-2-14-12(6-7-17-14)13(15)9-10-4-3-5-11(16)8-10/h3-5,8,12-14H,2,6-7,9H2,1H3. The van der Waals surface area contributed by atoms with Crippen molar-refractivity contribution in [3.8, 4) is 0 Å². The molecule has 1 aromatic carbocycles. The molecule has 2 rings (SSSR count). The van der Waals surface area contributed by atoms with Gasteiger partial charge in [-0.3, -0.25) is 0 Å². The Morgan fingerprint density at radius 3 is 3.06 bits per heavy atom. The Kier molecular flexibility index (Phi) is 4.89. The molecule has 1 aliphatic heterocycles. The Morgan fingerprint density at radius 1 is 1.53 bits per heavy atom. The molecular formula is C14H18BrClO. The van der Waals surface area contributed by atoms with Crippen LogP contribution in [0.2, 0.25) is 5.02 Å². The van der Waals surface area contributed by atoms with Crippen LogP contribution in [0.15, 0.2) is 24.3 Å². The van der Waals surface area contributed by atoms with E-state index in [1.165, 1.54) is 5.56 Å². The Labute approximate surface area is 117 Å². The van der Waals surface area contributed by atoms with E-state index in [4.69, 9.17) is 16.3 Å². The summed E-state index contributed by atoms with van der Waals surface area (Å²) >= 11 is 9.83. The minimum absolute atomic E-state index is 0.415. The summed E-state index contributed by atoms with van der Waals surface area (Å²) in [5.74, 6) is 0.624. The molecule has 0 amide bonds. The van der Waals surface area contributed by atoms with Crippen LogP contribution in [0.5, 0.6) is 0 Å². The first-order chi connectivity index (χ1) is 8.20. The minimum Gasteiger partial charge on any atom is -0.378 e. The SMILES string of the molecule is CCC1OCCC1C(Br)Cc1cccc(Cl)c1. The van der Waals surface area contributed by atoms with Crippen molar-refractivity contribution in [3.05, 3.63) is 34.9 Å². The van der Waals surface area contributed by atoms with Crippen molar-refractivity contribution in [1.29, 1.82) is 0 Å². The predicted molar refractivity (Wildman–Crippen MR) is 76.0 cm³/mol. The number of benzene rings is 1. The van der Waals surface area contributed by atoms with Crippen LogP contribution in [0.25, 0.3) is 0 Å². The van der Waals surface area contributed by atoms with Crippen LogP contribution in [0.3, 0.4) is 0 Å². The number of hydrogen-bond acceptors (Lipinski definition) is 1. The molecule has 94 valence electrons. The molecule has 1 fully saturated rings. The quantitative estimate of drug-likeness (QED) is 0.745. The third kappa shape index (κ3) is 3.46. The van der Waals surface area contributed by atoms with Crippen LogP contribution in [-0.4, -0.2) is 17.5 Å². The van der Waals surface area contributed by atoms with Gasteiger partial charge in [0, 0.05) is 22.4 Å². The summed E-state index contributed by atoms with van der Waals surface area (Å²) < 4.78 is 5.74. The highest BCUT2D eigenvalue weighted by molar-refractivity contribution is 9.09. The van der Waals surface area contributed by atoms with Crippen LogP contribution in [-0.2, 0) is 11.2 Å². The Bertz CT molecular complexity index is 369. The molecule has 3 heteroatoms. The molecule has 0 N–H and O–H groups in total. The third-order valence-electron chi connectivity index (χ3n) is 3.45. The maximum atomic E-state index is 6.00. The maximum Gasteiger partial charge on any atom is 0.0612 e. The monoisotopic (exact) mass is 316 g/mol. The summed E-state index contributed by atoms with van der Waals surface area (Å²) in [4.78, 5) is 0.480. The number of hydrogen-bond donors (Lipinski definition) is 0. The lowest BCUT2D eigenvalue weighted by Crippen LogP contribution is -2.25. The van der Waals surface area contributed by atoms with E-state index in [1.807, 2.05) is 18.2 Å². The smallest absolute Gasteiger partial charge is 0.0612 e. The summed E-state index contributed by atoms with van der Waals surface area (Å²) in [7, 11) is 0. The number of halogens is 2. The molecule has 0 radical (unpaired) electrons. The highest BCUT2D eigenvalue weighted by Crippen LogP contribution is 2.32. The molecule has 1 aromatic rings. The largest absolute Gasteiger partial charge is 0.378 e. The first-order valence-electron chi connectivity index (χ1n) is 6.21. The van der Waals surface area contributed by atoms with Gasteiger partial charge in [0.25, 0.3) is 0 Å². The first kappa shape index (κ1) is 13.4. The molecule has 0 aliphatic carbocycles. The fourth-order valence-electron chi connectivity index (χ4n) is 2.54. The summed E-state index contributed by atoms with van der Waals surface area (Å²) in [6.45, 7) is 3.10. The average Bonchev–Trinajstić information content (AvgIpc) is 2.77. The van der Waals surface area contributed by atoms with Crippen molar-refractivity contribution in [1.82, 2.24) is 0 Å². The lowest BCUT2D eigenvalue weighted by Gasteiger charge is -2.22.